The monoisotopic (exact) mass is 200 g/mol. The Kier molecular flexibility index (Phi) is 3.10. The van der Waals surface area contributed by atoms with E-state index in [0.717, 1.165) is 32.1 Å². The van der Waals surface area contributed by atoms with Crippen molar-refractivity contribution in [2.75, 3.05) is 6.61 Å². The molecule has 2 aliphatic heterocycles. The Morgan fingerprint density at radius 2 is 1.93 bits per heavy atom. The number of hydrogen-bond donors (Lipinski definition) is 1. The van der Waals surface area contributed by atoms with Crippen molar-refractivity contribution in [3.8, 4) is 0 Å². The van der Waals surface area contributed by atoms with Crippen molar-refractivity contribution in [3.05, 3.63) is 0 Å². The molecule has 0 bridgehead atoms. The molecule has 3 nitrogen and oxygen atoms in total. The average molecular weight is 200 g/mol. The predicted octanol–water partition coefficient (Wildman–Crippen LogP) is 1.83. The van der Waals surface area contributed by atoms with Crippen LogP contribution in [0, 0.1) is 0 Å². The van der Waals surface area contributed by atoms with Crippen molar-refractivity contribution in [1.29, 1.82) is 0 Å². The van der Waals surface area contributed by atoms with Crippen molar-refractivity contribution < 1.29 is 14.6 Å². The van der Waals surface area contributed by atoms with E-state index in [1.54, 1.807) is 0 Å². The molecule has 1 N–H and O–H groups in total. The van der Waals surface area contributed by atoms with Crippen LogP contribution >= 0.6 is 0 Å². The van der Waals surface area contributed by atoms with E-state index in [9.17, 15) is 0 Å². The van der Waals surface area contributed by atoms with Gasteiger partial charge in [0.25, 0.3) is 0 Å². The Labute approximate surface area is 85.4 Å². The van der Waals surface area contributed by atoms with E-state index in [2.05, 4.69) is 6.92 Å². The minimum absolute atomic E-state index is 0.00551. The van der Waals surface area contributed by atoms with Crippen LogP contribution < -0.4 is 0 Å². The molecule has 2 aliphatic rings. The second-order valence-electron chi connectivity index (χ2n) is 4.55. The maximum Gasteiger partial charge on any atom is 0.169 e. The summed E-state index contributed by atoms with van der Waals surface area (Å²) in [5, 5.41) is 9.09. The number of hydrogen-bond acceptors (Lipinski definition) is 3. The summed E-state index contributed by atoms with van der Waals surface area (Å²) >= 11 is 0. The molecule has 1 spiro atoms. The summed E-state index contributed by atoms with van der Waals surface area (Å²) in [6, 6.07) is 0. The number of ether oxygens (including phenoxy) is 2. The zero-order valence-electron chi connectivity index (χ0n) is 8.87. The van der Waals surface area contributed by atoms with E-state index >= 15 is 0 Å². The molecule has 0 aromatic rings. The van der Waals surface area contributed by atoms with Gasteiger partial charge in [-0.2, -0.15) is 0 Å². The number of rotatable bonds is 1. The molecule has 0 saturated carbocycles. The summed E-state index contributed by atoms with van der Waals surface area (Å²) in [7, 11) is 0. The highest BCUT2D eigenvalue weighted by atomic mass is 16.7. The van der Waals surface area contributed by atoms with Crippen LogP contribution in [0.1, 0.15) is 45.4 Å². The van der Waals surface area contributed by atoms with Gasteiger partial charge in [-0.25, -0.2) is 0 Å². The molecule has 0 aromatic heterocycles. The van der Waals surface area contributed by atoms with Crippen molar-refractivity contribution >= 4 is 0 Å². The lowest BCUT2D eigenvalue weighted by Gasteiger charge is -2.45. The van der Waals surface area contributed by atoms with Gasteiger partial charge in [-0.05, 0) is 32.6 Å². The fraction of sp³-hybridized carbons (Fsp3) is 1.00. The van der Waals surface area contributed by atoms with Crippen LogP contribution in [0.15, 0.2) is 0 Å². The molecule has 2 fully saturated rings. The smallest absolute Gasteiger partial charge is 0.169 e. The van der Waals surface area contributed by atoms with Gasteiger partial charge in [-0.3, -0.25) is 0 Å². The highest BCUT2D eigenvalue weighted by Gasteiger charge is 2.41. The molecule has 0 aromatic carbocycles. The Morgan fingerprint density at radius 1 is 1.21 bits per heavy atom. The molecule has 82 valence electrons. The first kappa shape index (κ1) is 10.4. The van der Waals surface area contributed by atoms with Crippen LogP contribution in [-0.2, 0) is 9.47 Å². The van der Waals surface area contributed by atoms with Crippen molar-refractivity contribution in [1.82, 2.24) is 0 Å². The van der Waals surface area contributed by atoms with E-state index in [1.165, 1.54) is 6.42 Å². The lowest BCUT2D eigenvalue weighted by molar-refractivity contribution is -0.315. The Morgan fingerprint density at radius 3 is 2.57 bits per heavy atom. The highest BCUT2D eigenvalue weighted by molar-refractivity contribution is 4.82. The van der Waals surface area contributed by atoms with Gasteiger partial charge in [0.05, 0.1) is 18.8 Å². The average Bonchev–Trinajstić information content (AvgIpc) is 2.17. The fourth-order valence-electron chi connectivity index (χ4n) is 2.56. The van der Waals surface area contributed by atoms with Crippen LogP contribution in [0.5, 0.6) is 0 Å². The first-order chi connectivity index (χ1) is 6.74. The molecule has 0 amide bonds. The molecule has 0 unspecified atom stereocenters. The third kappa shape index (κ3) is 2.10. The van der Waals surface area contributed by atoms with Gasteiger partial charge in [0.15, 0.2) is 5.79 Å². The first-order valence-corrected chi connectivity index (χ1v) is 5.71. The maximum atomic E-state index is 9.09. The fourth-order valence-corrected chi connectivity index (χ4v) is 2.56. The second-order valence-corrected chi connectivity index (χ2v) is 4.55. The molecule has 2 rings (SSSR count). The van der Waals surface area contributed by atoms with Gasteiger partial charge < -0.3 is 14.6 Å². The highest BCUT2D eigenvalue weighted by Crippen LogP contribution is 2.38. The summed E-state index contributed by atoms with van der Waals surface area (Å²) in [6.45, 7) is 2.23. The largest absolute Gasteiger partial charge is 0.394 e. The summed E-state index contributed by atoms with van der Waals surface area (Å²) in [6.07, 6.45) is 6.68. The molecule has 14 heavy (non-hydrogen) atoms. The van der Waals surface area contributed by atoms with Gasteiger partial charge >= 0.3 is 0 Å². The molecule has 0 aliphatic carbocycles. The predicted molar refractivity (Wildman–Crippen MR) is 52.9 cm³/mol. The SMILES string of the molecule is C[C@H]1CCC[C@@]2(CCC[C@H](CO)O2)O1. The zero-order valence-corrected chi connectivity index (χ0v) is 8.87. The van der Waals surface area contributed by atoms with Crippen LogP contribution in [0.25, 0.3) is 0 Å². The van der Waals surface area contributed by atoms with Gasteiger partial charge in [0, 0.05) is 12.8 Å². The summed E-state index contributed by atoms with van der Waals surface area (Å²) in [4.78, 5) is 0. The second kappa shape index (κ2) is 4.17. The third-order valence-corrected chi connectivity index (χ3v) is 3.25. The van der Waals surface area contributed by atoms with E-state index in [4.69, 9.17) is 14.6 Å². The summed E-state index contributed by atoms with van der Waals surface area (Å²) in [5.41, 5.74) is 0. The van der Waals surface area contributed by atoms with E-state index in [-0.39, 0.29) is 18.5 Å². The van der Waals surface area contributed by atoms with Gasteiger partial charge in [0.2, 0.25) is 0 Å². The van der Waals surface area contributed by atoms with Crippen LogP contribution in [-0.4, -0.2) is 29.7 Å². The minimum Gasteiger partial charge on any atom is -0.394 e. The first-order valence-electron chi connectivity index (χ1n) is 5.71. The van der Waals surface area contributed by atoms with Crippen molar-refractivity contribution in [3.63, 3.8) is 0 Å². The van der Waals surface area contributed by atoms with Gasteiger partial charge in [-0.15, -0.1) is 0 Å². The Bertz CT molecular complexity index is 191. The van der Waals surface area contributed by atoms with Gasteiger partial charge in [0.1, 0.15) is 0 Å². The topological polar surface area (TPSA) is 38.7 Å². The molecular weight excluding hydrogens is 180 g/mol. The molecule has 2 heterocycles. The lowest BCUT2D eigenvalue weighted by Crippen LogP contribution is -2.48. The van der Waals surface area contributed by atoms with E-state index in [1.807, 2.05) is 0 Å². The van der Waals surface area contributed by atoms with Crippen LogP contribution in [0.3, 0.4) is 0 Å². The van der Waals surface area contributed by atoms with Crippen LogP contribution in [0.2, 0.25) is 0 Å². The lowest BCUT2D eigenvalue weighted by atomic mass is 9.93. The summed E-state index contributed by atoms with van der Waals surface area (Å²) in [5.74, 6) is -0.358. The molecule has 3 heteroatoms. The quantitative estimate of drug-likeness (QED) is 0.702. The van der Waals surface area contributed by atoms with Crippen LogP contribution in [0.4, 0.5) is 0 Å². The van der Waals surface area contributed by atoms with Crippen molar-refractivity contribution in [2.24, 2.45) is 0 Å². The van der Waals surface area contributed by atoms with Gasteiger partial charge in [-0.1, -0.05) is 0 Å². The Hall–Kier alpha value is -0.120. The maximum absolute atomic E-state index is 9.09. The minimum atomic E-state index is -0.358. The number of aliphatic hydroxyl groups excluding tert-OH is 1. The standard InChI is InChI=1S/C11H20O3/c1-9-4-2-6-11(13-9)7-3-5-10(8-12)14-11/h9-10,12H,2-8H2,1H3/t9-,10+,11+/m0/s1. The molecule has 2 saturated heterocycles. The van der Waals surface area contributed by atoms with E-state index in [0.29, 0.717) is 6.10 Å². The van der Waals surface area contributed by atoms with E-state index < -0.39 is 0 Å². The van der Waals surface area contributed by atoms with Crippen molar-refractivity contribution in [2.45, 2.75) is 63.4 Å². The normalized spacial score (nSPS) is 44.1. The zero-order chi connectivity index (χ0) is 10.0. The number of aliphatic hydroxyl groups is 1. The third-order valence-electron chi connectivity index (χ3n) is 3.25. The Balaban J connectivity index is 1.99. The molecule has 3 atom stereocenters. The molecular formula is C11H20O3. The summed E-state index contributed by atoms with van der Waals surface area (Å²) < 4.78 is 11.8. The molecule has 0 radical (unpaired) electrons.